The number of hydrogen-bond acceptors (Lipinski definition) is 8. The summed E-state index contributed by atoms with van der Waals surface area (Å²) in [6.45, 7) is -2.04. The van der Waals surface area contributed by atoms with Crippen molar-refractivity contribution in [2.45, 2.75) is 5.25 Å². The zero-order chi connectivity index (χ0) is 30.9. The number of halogens is 8. The van der Waals surface area contributed by atoms with Crippen molar-refractivity contribution in [1.29, 1.82) is 0 Å². The lowest BCUT2D eigenvalue weighted by Crippen LogP contribution is -2.34. The molecule has 218 valence electrons. The molecule has 0 aliphatic rings. The summed E-state index contributed by atoms with van der Waals surface area (Å²) in [4.78, 5) is 38.7. The third-order valence-corrected chi connectivity index (χ3v) is 8.85. The first-order valence-electron chi connectivity index (χ1n) is 10.3. The number of hydrogen-bond donors (Lipinski definition) is 1. The van der Waals surface area contributed by atoms with Gasteiger partial charge in [0.2, 0.25) is 0 Å². The average Bonchev–Trinajstić information content (AvgIpc) is 2.85. The maximum Gasteiger partial charge on any atom is 0.402 e. The van der Waals surface area contributed by atoms with Gasteiger partial charge in [-0.05, 0) is 106 Å². The highest BCUT2D eigenvalue weighted by molar-refractivity contribution is 9.12. The Labute approximate surface area is 280 Å². The molecule has 18 heteroatoms. The predicted molar refractivity (Wildman–Crippen MR) is 162 cm³/mol. The second-order valence-electron chi connectivity index (χ2n) is 7.66. The van der Waals surface area contributed by atoms with Gasteiger partial charge < -0.3 is 14.2 Å². The molecule has 0 aromatic heterocycles. The molecule has 1 N–H and O–H groups in total. The van der Waals surface area contributed by atoms with E-state index in [1.807, 2.05) is 0 Å². The molecule has 0 amide bonds. The van der Waals surface area contributed by atoms with Crippen LogP contribution in [0, 0.1) is 0 Å². The molecule has 0 saturated carbocycles. The molecule has 0 bridgehead atoms. The lowest BCUT2D eigenvalue weighted by atomic mass is 10.1. The van der Waals surface area contributed by atoms with E-state index in [-0.39, 0.29) is 11.5 Å². The molecule has 0 aliphatic carbocycles. The second kappa shape index (κ2) is 13.6. The molecule has 0 spiro atoms. The van der Waals surface area contributed by atoms with Crippen LogP contribution in [0.15, 0.2) is 69.3 Å². The molecule has 0 aliphatic heterocycles. The molecular formula is C23H10Br6F2O9S. The number of ether oxygens (including phenoxy) is 3. The lowest BCUT2D eigenvalue weighted by Gasteiger charge is -2.14. The zero-order valence-corrected chi connectivity index (χ0v) is 29.7. The first-order valence-corrected chi connectivity index (χ1v) is 16.5. The van der Waals surface area contributed by atoms with Gasteiger partial charge in [0.05, 0.1) is 34.6 Å². The van der Waals surface area contributed by atoms with Crippen molar-refractivity contribution in [2.75, 3.05) is 6.61 Å². The molecule has 9 nitrogen and oxygen atoms in total. The average molecular weight is 980 g/mol. The fourth-order valence-electron chi connectivity index (χ4n) is 2.84. The van der Waals surface area contributed by atoms with E-state index in [0.717, 1.165) is 18.2 Å². The highest BCUT2D eigenvalue weighted by Crippen LogP contribution is 2.38. The zero-order valence-electron chi connectivity index (χ0n) is 19.4. The van der Waals surface area contributed by atoms with Crippen molar-refractivity contribution in [3.8, 4) is 11.5 Å². The minimum absolute atomic E-state index is 0.0332. The molecule has 0 fully saturated rings. The monoisotopic (exact) mass is 974 g/mol. The van der Waals surface area contributed by atoms with Gasteiger partial charge in [0.1, 0.15) is 0 Å². The SMILES string of the molecule is O=C(OCC(F)(F)S(=O)(=O)O)c1cc(C(=O)Oc2c(Br)cc(Br)cc2Br)cc(C(=O)Oc2c(Br)cc(Br)cc2Br)c1. The van der Waals surface area contributed by atoms with E-state index in [9.17, 15) is 31.6 Å². The summed E-state index contributed by atoms with van der Waals surface area (Å²) in [6, 6.07) is 9.08. The van der Waals surface area contributed by atoms with Crippen molar-refractivity contribution in [2.24, 2.45) is 0 Å². The molecule has 3 aromatic carbocycles. The van der Waals surface area contributed by atoms with E-state index >= 15 is 0 Å². The van der Waals surface area contributed by atoms with Gasteiger partial charge in [0.15, 0.2) is 18.1 Å². The highest BCUT2D eigenvalue weighted by atomic mass is 79.9. The largest absolute Gasteiger partial charge is 0.454 e. The molecule has 3 rings (SSSR count). The number of carbonyl (C=O) groups excluding carboxylic acids is 3. The minimum atomic E-state index is -5.90. The second-order valence-corrected chi connectivity index (χ2v) is 14.5. The van der Waals surface area contributed by atoms with Gasteiger partial charge in [0.25, 0.3) is 0 Å². The smallest absolute Gasteiger partial charge is 0.402 e. The molecular weight excluding hydrogens is 970 g/mol. The van der Waals surface area contributed by atoms with Crippen LogP contribution in [-0.2, 0) is 14.9 Å². The Balaban J connectivity index is 2.02. The molecule has 0 saturated heterocycles. The van der Waals surface area contributed by atoms with Crippen LogP contribution >= 0.6 is 95.6 Å². The summed E-state index contributed by atoms with van der Waals surface area (Å²) >= 11 is 19.5. The van der Waals surface area contributed by atoms with E-state index in [0.29, 0.717) is 26.8 Å². The molecule has 0 unspecified atom stereocenters. The van der Waals surface area contributed by atoms with E-state index in [4.69, 9.17) is 14.0 Å². The molecule has 3 aromatic rings. The fourth-order valence-corrected chi connectivity index (χ4v) is 7.89. The van der Waals surface area contributed by atoms with Crippen LogP contribution in [0.4, 0.5) is 8.78 Å². The summed E-state index contributed by atoms with van der Waals surface area (Å²) < 4.78 is 75.5. The van der Waals surface area contributed by atoms with Crippen LogP contribution in [0.3, 0.4) is 0 Å². The van der Waals surface area contributed by atoms with Crippen molar-refractivity contribution in [3.05, 3.63) is 86.0 Å². The molecule has 0 heterocycles. The van der Waals surface area contributed by atoms with Crippen molar-refractivity contribution >= 4 is 124 Å². The number of carbonyl (C=O) groups is 3. The lowest BCUT2D eigenvalue weighted by molar-refractivity contribution is -0.00951. The Morgan fingerprint density at radius 2 is 0.976 bits per heavy atom. The maximum atomic E-state index is 13.6. The summed E-state index contributed by atoms with van der Waals surface area (Å²) in [5, 5.41) is -4.82. The van der Waals surface area contributed by atoms with Crippen molar-refractivity contribution < 1.29 is 50.3 Å². The van der Waals surface area contributed by atoms with Gasteiger partial charge in [-0.15, -0.1) is 0 Å². The first-order chi connectivity index (χ1) is 18.9. The summed E-state index contributed by atoms with van der Waals surface area (Å²) in [7, 11) is -5.90. The topological polar surface area (TPSA) is 133 Å². The van der Waals surface area contributed by atoms with Gasteiger partial charge in [0, 0.05) is 8.95 Å². The fraction of sp³-hybridized carbons (Fsp3) is 0.0870. The summed E-state index contributed by atoms with van der Waals surface area (Å²) in [5.41, 5.74) is -1.41. The minimum Gasteiger partial charge on any atom is -0.454 e. The van der Waals surface area contributed by atoms with Gasteiger partial charge in [-0.2, -0.15) is 17.2 Å². The number of esters is 3. The van der Waals surface area contributed by atoms with Crippen LogP contribution in [0.2, 0.25) is 0 Å². The Hall–Kier alpha value is -1.28. The summed E-state index contributed by atoms with van der Waals surface area (Å²) in [6.07, 6.45) is 0. The van der Waals surface area contributed by atoms with Crippen molar-refractivity contribution in [3.63, 3.8) is 0 Å². The highest BCUT2D eigenvalue weighted by Gasteiger charge is 2.45. The quantitative estimate of drug-likeness (QED) is 0.134. The molecule has 41 heavy (non-hydrogen) atoms. The third kappa shape index (κ3) is 8.64. The Bertz CT molecular complexity index is 1550. The van der Waals surface area contributed by atoms with Crippen molar-refractivity contribution in [1.82, 2.24) is 0 Å². The Kier molecular flexibility index (Phi) is 11.3. The number of benzene rings is 3. The first kappa shape index (κ1) is 34.2. The van der Waals surface area contributed by atoms with Crippen LogP contribution in [0.1, 0.15) is 31.1 Å². The standard InChI is InChI=1S/C23H10Br6F2O9S/c24-12-4-14(26)18(15(27)5-12)39-21(33)10-1-9(20(32)38-8-23(30,31)41(35,36)37)2-11(3-10)22(34)40-19-16(28)6-13(25)7-17(19)29/h1-7H,8H2,(H,35,36,37). The third-order valence-electron chi connectivity index (χ3n) is 4.70. The van der Waals surface area contributed by atoms with E-state index in [1.165, 1.54) is 0 Å². The van der Waals surface area contributed by atoms with E-state index in [1.54, 1.807) is 24.3 Å². The summed E-state index contributed by atoms with van der Waals surface area (Å²) in [5.74, 6) is -3.64. The number of rotatable bonds is 8. The maximum absolute atomic E-state index is 13.6. The van der Waals surface area contributed by atoms with Crippen LogP contribution in [-0.4, -0.2) is 42.7 Å². The Morgan fingerprint density at radius 3 is 1.29 bits per heavy atom. The Morgan fingerprint density at radius 1 is 0.659 bits per heavy atom. The van der Waals surface area contributed by atoms with E-state index < -0.39 is 56.6 Å². The van der Waals surface area contributed by atoms with E-state index in [2.05, 4.69) is 100 Å². The molecule has 0 atom stereocenters. The van der Waals surface area contributed by atoms with Gasteiger partial charge in [-0.3, -0.25) is 4.55 Å². The van der Waals surface area contributed by atoms with Crippen LogP contribution in [0.5, 0.6) is 11.5 Å². The predicted octanol–water partition coefficient (Wildman–Crippen LogP) is 8.34. The number of alkyl halides is 2. The van der Waals surface area contributed by atoms with Crippen LogP contribution in [0.25, 0.3) is 0 Å². The van der Waals surface area contributed by atoms with Gasteiger partial charge in [-0.25, -0.2) is 14.4 Å². The van der Waals surface area contributed by atoms with Crippen LogP contribution < -0.4 is 9.47 Å². The van der Waals surface area contributed by atoms with Gasteiger partial charge in [-0.1, -0.05) is 31.9 Å². The molecule has 0 radical (unpaired) electrons. The normalized spacial score (nSPS) is 11.6. The van der Waals surface area contributed by atoms with Gasteiger partial charge >= 0.3 is 33.3 Å².